The van der Waals surface area contributed by atoms with Crippen molar-refractivity contribution in [1.29, 1.82) is 0 Å². The molecule has 1 amide bonds. The Labute approximate surface area is 136 Å². The van der Waals surface area contributed by atoms with Crippen molar-refractivity contribution in [2.24, 2.45) is 5.92 Å². The van der Waals surface area contributed by atoms with E-state index in [1.807, 2.05) is 0 Å². The normalized spacial score (nSPS) is 18.9. The van der Waals surface area contributed by atoms with Crippen LogP contribution in [0.3, 0.4) is 0 Å². The number of anilines is 1. The Kier molecular flexibility index (Phi) is 4.99. The zero-order valence-corrected chi connectivity index (χ0v) is 14.5. The summed E-state index contributed by atoms with van der Waals surface area (Å²) in [7, 11) is -0.243. The predicted octanol–water partition coefficient (Wildman–Crippen LogP) is 2.00. The molecule has 1 aliphatic rings. The van der Waals surface area contributed by atoms with Gasteiger partial charge in [-0.25, -0.2) is 8.42 Å². The van der Waals surface area contributed by atoms with E-state index >= 15 is 0 Å². The predicted molar refractivity (Wildman–Crippen MR) is 88.6 cm³/mol. The molecule has 1 aromatic rings. The molecule has 0 N–H and O–H groups in total. The molecule has 0 fully saturated rings. The van der Waals surface area contributed by atoms with Gasteiger partial charge in [0, 0.05) is 17.4 Å². The van der Waals surface area contributed by atoms with Crippen molar-refractivity contribution in [1.82, 2.24) is 0 Å². The van der Waals surface area contributed by atoms with Gasteiger partial charge >= 0.3 is 0 Å². The lowest BCUT2D eigenvalue weighted by atomic mass is 10.1. The highest BCUT2D eigenvalue weighted by Gasteiger charge is 2.33. The maximum absolute atomic E-state index is 12.7. The Morgan fingerprint density at radius 1 is 1.26 bits per heavy atom. The van der Waals surface area contributed by atoms with Crippen LogP contribution in [0.1, 0.15) is 13.8 Å². The number of carbonyl (C=O) groups is 1. The van der Waals surface area contributed by atoms with E-state index in [4.69, 9.17) is 9.47 Å². The number of ether oxygens (including phenoxy) is 2. The van der Waals surface area contributed by atoms with Gasteiger partial charge in [-0.2, -0.15) is 0 Å². The average molecular weight is 339 g/mol. The third-order valence-electron chi connectivity index (χ3n) is 3.62. The van der Waals surface area contributed by atoms with Gasteiger partial charge in [-0.15, -0.1) is 0 Å². The molecule has 0 saturated heterocycles. The van der Waals surface area contributed by atoms with Gasteiger partial charge in [0.25, 0.3) is 0 Å². The highest BCUT2D eigenvalue weighted by molar-refractivity contribution is 7.94. The van der Waals surface area contributed by atoms with Crippen LogP contribution in [0.4, 0.5) is 5.69 Å². The van der Waals surface area contributed by atoms with Crippen LogP contribution in [0.25, 0.3) is 0 Å². The number of hydrogen-bond acceptors (Lipinski definition) is 5. The first kappa shape index (κ1) is 17.3. The Bertz CT molecular complexity index is 724. The number of carbonyl (C=O) groups excluding carboxylic acids is 1. The van der Waals surface area contributed by atoms with E-state index in [2.05, 4.69) is 0 Å². The zero-order valence-electron chi connectivity index (χ0n) is 13.6. The molecule has 1 aromatic carbocycles. The van der Waals surface area contributed by atoms with Crippen LogP contribution in [0, 0.1) is 5.92 Å². The minimum Gasteiger partial charge on any atom is -0.497 e. The minimum absolute atomic E-state index is 0.124. The minimum atomic E-state index is -3.28. The molecule has 1 heterocycles. The third kappa shape index (κ3) is 3.67. The van der Waals surface area contributed by atoms with Crippen LogP contribution in [0.15, 0.2) is 29.7 Å². The molecule has 0 bridgehead atoms. The molecule has 6 nitrogen and oxygen atoms in total. The molecule has 1 atom stereocenters. The number of nitrogens with zero attached hydrogens (tertiary/aromatic N) is 1. The number of sulfone groups is 1. The fourth-order valence-corrected chi connectivity index (χ4v) is 3.71. The fraction of sp³-hybridized carbons (Fsp3) is 0.438. The maximum Gasteiger partial charge on any atom is 0.230 e. The second-order valence-electron chi connectivity index (χ2n) is 5.63. The average Bonchev–Trinajstić information content (AvgIpc) is 2.87. The number of amides is 1. The number of hydrogen-bond donors (Lipinski definition) is 0. The van der Waals surface area contributed by atoms with E-state index in [1.54, 1.807) is 38.1 Å². The number of methoxy groups -OCH3 is 2. The largest absolute Gasteiger partial charge is 0.497 e. The molecule has 0 unspecified atom stereocenters. The molecular formula is C16H21NO5S. The van der Waals surface area contributed by atoms with Crippen molar-refractivity contribution in [2.45, 2.75) is 19.9 Å². The van der Waals surface area contributed by atoms with Crippen molar-refractivity contribution in [3.63, 3.8) is 0 Å². The summed E-state index contributed by atoms with van der Waals surface area (Å²) < 4.78 is 34.0. The molecule has 23 heavy (non-hydrogen) atoms. The van der Waals surface area contributed by atoms with Crippen LogP contribution in [-0.2, 0) is 14.6 Å². The van der Waals surface area contributed by atoms with Crippen LogP contribution < -0.4 is 14.4 Å². The lowest BCUT2D eigenvalue weighted by molar-refractivity contribution is -0.121. The quantitative estimate of drug-likeness (QED) is 0.820. The van der Waals surface area contributed by atoms with Crippen molar-refractivity contribution >= 4 is 21.4 Å². The monoisotopic (exact) mass is 339 g/mol. The molecule has 0 aromatic heterocycles. The van der Waals surface area contributed by atoms with E-state index in [9.17, 15) is 13.2 Å². The SMILES string of the molecule is COc1ccc(N(C(=O)C(C)C)[C@H]2C=CS(=O)(=O)C2)c(OC)c1. The van der Waals surface area contributed by atoms with Gasteiger partial charge in [0.15, 0.2) is 9.84 Å². The summed E-state index contributed by atoms with van der Waals surface area (Å²) in [5, 5.41) is 1.16. The molecule has 1 aliphatic heterocycles. The summed E-state index contributed by atoms with van der Waals surface area (Å²) in [6.07, 6.45) is 1.54. The Hall–Kier alpha value is -2.02. The summed E-state index contributed by atoms with van der Waals surface area (Å²) in [5.41, 5.74) is 0.527. The first-order valence-corrected chi connectivity index (χ1v) is 8.96. The summed E-state index contributed by atoms with van der Waals surface area (Å²) in [6.45, 7) is 3.55. The number of benzene rings is 1. The second kappa shape index (κ2) is 6.62. The Balaban J connectivity index is 2.51. The number of rotatable bonds is 5. The summed E-state index contributed by atoms with van der Waals surface area (Å²) in [5.74, 6) is 0.479. The van der Waals surface area contributed by atoms with E-state index < -0.39 is 15.9 Å². The van der Waals surface area contributed by atoms with Crippen molar-refractivity contribution < 1.29 is 22.7 Å². The van der Waals surface area contributed by atoms with Crippen LogP contribution >= 0.6 is 0 Å². The molecule has 7 heteroatoms. The van der Waals surface area contributed by atoms with Gasteiger partial charge in [-0.05, 0) is 18.2 Å². The Morgan fingerprint density at radius 2 is 1.96 bits per heavy atom. The molecule has 2 rings (SSSR count). The molecular weight excluding hydrogens is 318 g/mol. The molecule has 126 valence electrons. The van der Waals surface area contributed by atoms with Gasteiger partial charge in [0.05, 0.1) is 31.7 Å². The first-order valence-electron chi connectivity index (χ1n) is 7.25. The lowest BCUT2D eigenvalue weighted by Gasteiger charge is -2.30. The van der Waals surface area contributed by atoms with E-state index in [-0.39, 0.29) is 17.6 Å². The molecule has 0 aliphatic carbocycles. The lowest BCUT2D eigenvalue weighted by Crippen LogP contribution is -2.43. The van der Waals surface area contributed by atoms with Crippen molar-refractivity contribution in [3.05, 3.63) is 29.7 Å². The van der Waals surface area contributed by atoms with E-state index in [0.29, 0.717) is 17.2 Å². The van der Waals surface area contributed by atoms with Crippen molar-refractivity contribution in [2.75, 3.05) is 24.9 Å². The van der Waals surface area contributed by atoms with Gasteiger partial charge in [-0.1, -0.05) is 13.8 Å². The van der Waals surface area contributed by atoms with Crippen LogP contribution in [0.5, 0.6) is 11.5 Å². The standard InChI is InChI=1S/C16H21NO5S/c1-11(2)16(18)17(12-7-8-23(19,20)10-12)14-6-5-13(21-3)9-15(14)22-4/h5-9,11-12H,10H2,1-4H3/t12-/m0/s1. The fourth-order valence-electron chi connectivity index (χ4n) is 2.44. The molecule has 0 radical (unpaired) electrons. The highest BCUT2D eigenvalue weighted by atomic mass is 32.2. The van der Waals surface area contributed by atoms with Crippen LogP contribution in [0.2, 0.25) is 0 Å². The maximum atomic E-state index is 12.7. The summed E-state index contributed by atoms with van der Waals surface area (Å²) >= 11 is 0. The second-order valence-corrected chi connectivity index (χ2v) is 7.56. The van der Waals surface area contributed by atoms with E-state index in [1.165, 1.54) is 19.1 Å². The highest BCUT2D eigenvalue weighted by Crippen LogP contribution is 2.35. The Morgan fingerprint density at radius 3 is 2.43 bits per heavy atom. The van der Waals surface area contributed by atoms with Crippen LogP contribution in [-0.4, -0.2) is 40.3 Å². The van der Waals surface area contributed by atoms with Gasteiger partial charge in [0.2, 0.25) is 5.91 Å². The van der Waals surface area contributed by atoms with Gasteiger partial charge in [0.1, 0.15) is 11.5 Å². The smallest absolute Gasteiger partial charge is 0.230 e. The van der Waals surface area contributed by atoms with Gasteiger partial charge < -0.3 is 14.4 Å². The topological polar surface area (TPSA) is 72.9 Å². The summed E-state index contributed by atoms with van der Waals surface area (Å²) in [4.78, 5) is 14.2. The van der Waals surface area contributed by atoms with E-state index in [0.717, 1.165) is 5.41 Å². The molecule has 0 spiro atoms. The summed E-state index contributed by atoms with van der Waals surface area (Å²) in [6, 6.07) is 4.54. The third-order valence-corrected chi connectivity index (χ3v) is 5.00. The first-order chi connectivity index (χ1) is 10.8. The van der Waals surface area contributed by atoms with Crippen molar-refractivity contribution in [3.8, 4) is 11.5 Å². The van der Waals surface area contributed by atoms with Gasteiger partial charge in [-0.3, -0.25) is 4.79 Å². The molecule has 0 saturated carbocycles. The zero-order chi connectivity index (χ0) is 17.2.